The van der Waals surface area contributed by atoms with E-state index in [0.717, 1.165) is 22.5 Å². The number of rotatable bonds is 12. The molecule has 0 saturated heterocycles. The molecule has 0 fully saturated rings. The fourth-order valence-electron chi connectivity index (χ4n) is 3.49. The van der Waals surface area contributed by atoms with Crippen LogP contribution in [0, 0.1) is 0 Å². The lowest BCUT2D eigenvalue weighted by atomic mass is 10.1. The molecule has 2 aromatic carbocycles. The van der Waals surface area contributed by atoms with Crippen LogP contribution >= 0.6 is 23.2 Å². The Balaban J connectivity index is 2.18. The molecule has 0 aliphatic rings. The van der Waals surface area contributed by atoms with E-state index in [2.05, 4.69) is 5.32 Å². The summed E-state index contributed by atoms with van der Waals surface area (Å²) in [6.07, 6.45) is 2.14. The van der Waals surface area contributed by atoms with E-state index in [0.29, 0.717) is 5.02 Å². The first-order valence-electron chi connectivity index (χ1n) is 11.5. The number of nitrogens with one attached hydrogen (secondary N) is 1. The number of carbonyl (C=O) groups is 2. The number of hydrogen-bond acceptors (Lipinski definition) is 4. The second-order valence-electron chi connectivity index (χ2n) is 8.54. The summed E-state index contributed by atoms with van der Waals surface area (Å²) in [6.45, 7) is 5.89. The highest BCUT2D eigenvalue weighted by molar-refractivity contribution is 7.92. The number of anilines is 1. The fraction of sp³-hybridized carbons (Fsp3) is 0.440. The van der Waals surface area contributed by atoms with Gasteiger partial charge in [0.2, 0.25) is 21.8 Å². The predicted molar refractivity (Wildman–Crippen MR) is 142 cm³/mol. The summed E-state index contributed by atoms with van der Waals surface area (Å²) in [6, 6.07) is 13.3. The van der Waals surface area contributed by atoms with Crippen molar-refractivity contribution in [3.63, 3.8) is 0 Å². The average molecular weight is 543 g/mol. The summed E-state index contributed by atoms with van der Waals surface area (Å²) >= 11 is 12.3. The maximum atomic E-state index is 13.3. The van der Waals surface area contributed by atoms with Crippen molar-refractivity contribution in [3.05, 3.63) is 64.1 Å². The van der Waals surface area contributed by atoms with Gasteiger partial charge < -0.3 is 10.2 Å². The van der Waals surface area contributed by atoms with Gasteiger partial charge in [0.05, 0.1) is 17.0 Å². The summed E-state index contributed by atoms with van der Waals surface area (Å²) in [5, 5.41) is 3.52. The summed E-state index contributed by atoms with van der Waals surface area (Å²) in [5.41, 5.74) is 1.16. The van der Waals surface area contributed by atoms with Gasteiger partial charge in [0, 0.05) is 30.6 Å². The van der Waals surface area contributed by atoms with Crippen molar-refractivity contribution in [2.24, 2.45) is 0 Å². The van der Waals surface area contributed by atoms with Crippen molar-refractivity contribution in [1.29, 1.82) is 0 Å². The van der Waals surface area contributed by atoms with Gasteiger partial charge in [-0.25, -0.2) is 8.42 Å². The summed E-state index contributed by atoms with van der Waals surface area (Å²) < 4.78 is 26.0. The highest BCUT2D eigenvalue weighted by Gasteiger charge is 2.27. The predicted octanol–water partition coefficient (Wildman–Crippen LogP) is 4.87. The van der Waals surface area contributed by atoms with Crippen LogP contribution in [-0.2, 0) is 26.2 Å². The van der Waals surface area contributed by atoms with Crippen LogP contribution in [0.4, 0.5) is 5.69 Å². The van der Waals surface area contributed by atoms with Crippen molar-refractivity contribution in [3.8, 4) is 0 Å². The highest BCUT2D eigenvalue weighted by Crippen LogP contribution is 2.31. The van der Waals surface area contributed by atoms with Crippen LogP contribution in [0.1, 0.15) is 45.6 Å². The third-order valence-corrected chi connectivity index (χ3v) is 7.43. The minimum Gasteiger partial charge on any atom is -0.352 e. The lowest BCUT2D eigenvalue weighted by Gasteiger charge is -2.30. The van der Waals surface area contributed by atoms with Crippen molar-refractivity contribution in [2.75, 3.05) is 17.1 Å². The van der Waals surface area contributed by atoms with Crippen molar-refractivity contribution < 1.29 is 18.0 Å². The molecule has 35 heavy (non-hydrogen) atoms. The molecule has 10 heteroatoms. The van der Waals surface area contributed by atoms with Crippen LogP contribution in [0.3, 0.4) is 0 Å². The van der Waals surface area contributed by atoms with E-state index in [1.54, 1.807) is 13.0 Å². The maximum Gasteiger partial charge on any atom is 0.242 e. The smallest absolute Gasteiger partial charge is 0.242 e. The van der Waals surface area contributed by atoms with Gasteiger partial charge in [-0.05, 0) is 50.5 Å². The minimum absolute atomic E-state index is 0.00982. The van der Waals surface area contributed by atoms with E-state index in [-0.39, 0.29) is 54.5 Å². The number of halogens is 2. The van der Waals surface area contributed by atoms with Gasteiger partial charge in [-0.15, -0.1) is 0 Å². The quantitative estimate of drug-likeness (QED) is 0.415. The first kappa shape index (κ1) is 28.9. The Kier molecular flexibility index (Phi) is 10.9. The molecule has 0 bridgehead atoms. The van der Waals surface area contributed by atoms with Crippen LogP contribution in [0.15, 0.2) is 48.5 Å². The molecule has 0 unspecified atom stereocenters. The first-order valence-corrected chi connectivity index (χ1v) is 14.1. The van der Waals surface area contributed by atoms with Crippen LogP contribution in [-0.4, -0.2) is 50.0 Å². The third kappa shape index (κ3) is 8.70. The van der Waals surface area contributed by atoms with Gasteiger partial charge in [-0.2, -0.15) is 0 Å². The fourth-order valence-corrected chi connectivity index (χ4v) is 4.89. The Hall–Kier alpha value is -2.29. The van der Waals surface area contributed by atoms with Crippen molar-refractivity contribution in [1.82, 2.24) is 10.2 Å². The standard InChI is InChI=1S/C25H33Cl2N3O4S/c1-5-18(2)28-25(32)19(3)29(17-20-10-7-6-8-11-20)24(31)12-9-15-30(35(4,33)34)23-16-21(26)13-14-22(23)27/h6-8,10-11,13-14,16,18-19H,5,9,12,15,17H2,1-4H3,(H,28,32)/t18-,19-/m0/s1. The number of amides is 2. The molecule has 1 N–H and O–H groups in total. The Morgan fingerprint density at radius 2 is 1.71 bits per heavy atom. The number of sulfonamides is 1. The number of nitrogens with zero attached hydrogens (tertiary/aromatic N) is 2. The molecular weight excluding hydrogens is 509 g/mol. The molecular formula is C25H33Cl2N3O4S. The molecule has 0 heterocycles. The van der Waals surface area contributed by atoms with E-state index in [1.165, 1.54) is 17.0 Å². The summed E-state index contributed by atoms with van der Waals surface area (Å²) in [5.74, 6) is -0.474. The first-order chi connectivity index (χ1) is 16.4. The van der Waals surface area contributed by atoms with Crippen molar-refractivity contribution >= 4 is 50.7 Å². The summed E-state index contributed by atoms with van der Waals surface area (Å²) in [7, 11) is -3.67. The van der Waals surface area contributed by atoms with Gasteiger partial charge in [-0.1, -0.05) is 60.5 Å². The molecule has 0 aromatic heterocycles. The Morgan fingerprint density at radius 1 is 1.06 bits per heavy atom. The largest absolute Gasteiger partial charge is 0.352 e. The third-order valence-electron chi connectivity index (χ3n) is 5.69. The topological polar surface area (TPSA) is 86.8 Å². The van der Waals surface area contributed by atoms with E-state index in [9.17, 15) is 18.0 Å². The second-order valence-corrected chi connectivity index (χ2v) is 11.3. The molecule has 0 spiro atoms. The Bertz CT molecular complexity index is 1110. The second kappa shape index (κ2) is 13.1. The molecule has 192 valence electrons. The van der Waals surface area contributed by atoms with Crippen LogP contribution in [0.25, 0.3) is 0 Å². The zero-order chi connectivity index (χ0) is 26.2. The van der Waals surface area contributed by atoms with E-state index < -0.39 is 16.1 Å². The number of hydrogen-bond donors (Lipinski definition) is 1. The van der Waals surface area contributed by atoms with Crippen LogP contribution < -0.4 is 9.62 Å². The van der Waals surface area contributed by atoms with Crippen molar-refractivity contribution in [2.45, 2.75) is 58.7 Å². The molecule has 2 aromatic rings. The Labute approximate surface area is 218 Å². The lowest BCUT2D eigenvalue weighted by Crippen LogP contribution is -2.49. The van der Waals surface area contributed by atoms with E-state index in [4.69, 9.17) is 23.2 Å². The molecule has 2 rings (SSSR count). The van der Waals surface area contributed by atoms with Gasteiger partial charge in [-0.3, -0.25) is 13.9 Å². The normalized spacial score (nSPS) is 13.1. The monoisotopic (exact) mass is 541 g/mol. The van der Waals surface area contributed by atoms with Gasteiger partial charge >= 0.3 is 0 Å². The zero-order valence-corrected chi connectivity index (χ0v) is 22.8. The van der Waals surface area contributed by atoms with Crippen LogP contribution in [0.5, 0.6) is 0 Å². The van der Waals surface area contributed by atoms with E-state index >= 15 is 0 Å². The molecule has 0 aliphatic carbocycles. The zero-order valence-electron chi connectivity index (χ0n) is 20.5. The minimum atomic E-state index is -3.67. The SMILES string of the molecule is CC[C@H](C)NC(=O)[C@H](C)N(Cc1ccccc1)C(=O)CCCN(c1cc(Cl)ccc1Cl)S(C)(=O)=O. The highest BCUT2D eigenvalue weighted by atomic mass is 35.5. The average Bonchev–Trinajstić information content (AvgIpc) is 2.81. The summed E-state index contributed by atoms with van der Waals surface area (Å²) in [4.78, 5) is 27.6. The van der Waals surface area contributed by atoms with Gasteiger partial charge in [0.15, 0.2) is 0 Å². The van der Waals surface area contributed by atoms with Gasteiger partial charge in [0.25, 0.3) is 0 Å². The number of carbonyl (C=O) groups excluding carboxylic acids is 2. The molecule has 0 radical (unpaired) electrons. The van der Waals surface area contributed by atoms with E-state index in [1.807, 2.05) is 44.2 Å². The molecule has 0 saturated carbocycles. The van der Waals surface area contributed by atoms with Crippen LogP contribution in [0.2, 0.25) is 10.0 Å². The molecule has 2 amide bonds. The molecule has 0 aliphatic heterocycles. The molecule has 2 atom stereocenters. The van der Waals surface area contributed by atoms with Gasteiger partial charge in [0.1, 0.15) is 6.04 Å². The molecule has 7 nitrogen and oxygen atoms in total. The Morgan fingerprint density at radius 3 is 2.31 bits per heavy atom. The lowest BCUT2D eigenvalue weighted by molar-refractivity contribution is -0.140. The maximum absolute atomic E-state index is 13.3. The number of benzene rings is 2.